The molecule has 1 unspecified atom stereocenters. The van der Waals surface area contributed by atoms with Crippen LogP contribution in [-0.2, 0) is 4.74 Å². The number of thiazole rings is 1. The number of aryl methyl sites for hydroxylation is 1. The number of likely N-dealkylation sites (tertiary alicyclic amines) is 1. The van der Waals surface area contributed by atoms with Crippen LogP contribution >= 0.6 is 11.3 Å². The number of amides is 1. The van der Waals surface area contributed by atoms with E-state index in [1.165, 1.54) is 25.3 Å². The topological polar surface area (TPSA) is 76.6 Å². The van der Waals surface area contributed by atoms with Crippen molar-refractivity contribution in [1.29, 1.82) is 0 Å². The minimum absolute atomic E-state index is 0.0623. The van der Waals surface area contributed by atoms with Crippen molar-refractivity contribution in [2.24, 2.45) is 0 Å². The SMILES string of the molecule is COC(=O)c1cc(C=O)cc(C(=O)N2CCCC2c2nc(C)cs2)c1. The van der Waals surface area contributed by atoms with Gasteiger partial charge in [0.25, 0.3) is 5.91 Å². The van der Waals surface area contributed by atoms with E-state index in [1.54, 1.807) is 16.2 Å². The molecule has 7 heteroatoms. The summed E-state index contributed by atoms with van der Waals surface area (Å²) in [5, 5.41) is 2.89. The Kier molecular flexibility index (Phi) is 4.94. The standard InChI is InChI=1S/C18H18N2O4S/c1-11-10-25-16(19-11)15-4-3-5-20(15)17(22)13-6-12(9-21)7-14(8-13)18(23)24-2/h6-10,15H,3-5H2,1-2H3. The summed E-state index contributed by atoms with van der Waals surface area (Å²) in [6.45, 7) is 2.55. The molecule has 0 aliphatic carbocycles. The van der Waals surface area contributed by atoms with E-state index >= 15 is 0 Å². The highest BCUT2D eigenvalue weighted by atomic mass is 32.1. The van der Waals surface area contributed by atoms with Crippen LogP contribution in [0.15, 0.2) is 23.6 Å². The van der Waals surface area contributed by atoms with Crippen molar-refractivity contribution in [2.45, 2.75) is 25.8 Å². The summed E-state index contributed by atoms with van der Waals surface area (Å²) in [7, 11) is 1.26. The molecule has 0 radical (unpaired) electrons. The summed E-state index contributed by atoms with van der Waals surface area (Å²) in [6, 6.07) is 4.34. The van der Waals surface area contributed by atoms with Crippen LogP contribution < -0.4 is 0 Å². The lowest BCUT2D eigenvalue weighted by Gasteiger charge is -2.23. The molecule has 1 atom stereocenters. The third-order valence-electron chi connectivity index (χ3n) is 4.19. The molecule has 3 rings (SSSR count). The molecule has 2 heterocycles. The number of nitrogens with zero attached hydrogens (tertiary/aromatic N) is 2. The van der Waals surface area contributed by atoms with Gasteiger partial charge in [-0.25, -0.2) is 9.78 Å². The molecule has 0 bridgehead atoms. The predicted molar refractivity (Wildman–Crippen MR) is 93.0 cm³/mol. The van der Waals surface area contributed by atoms with E-state index in [9.17, 15) is 14.4 Å². The van der Waals surface area contributed by atoms with Crippen LogP contribution in [-0.4, -0.2) is 41.7 Å². The van der Waals surface area contributed by atoms with E-state index in [2.05, 4.69) is 4.98 Å². The monoisotopic (exact) mass is 358 g/mol. The van der Waals surface area contributed by atoms with Gasteiger partial charge in [-0.2, -0.15) is 0 Å². The van der Waals surface area contributed by atoms with Gasteiger partial charge in [-0.3, -0.25) is 9.59 Å². The van der Waals surface area contributed by atoms with Gasteiger partial charge in [0.2, 0.25) is 0 Å². The fraction of sp³-hybridized carbons (Fsp3) is 0.333. The molecular weight excluding hydrogens is 340 g/mol. The van der Waals surface area contributed by atoms with Gasteiger partial charge in [-0.15, -0.1) is 11.3 Å². The second kappa shape index (κ2) is 7.14. The number of hydrogen-bond acceptors (Lipinski definition) is 6. The second-order valence-electron chi connectivity index (χ2n) is 5.94. The third kappa shape index (κ3) is 3.46. The normalized spacial score (nSPS) is 16.7. The Morgan fingerprint density at radius 3 is 2.72 bits per heavy atom. The molecule has 0 N–H and O–H groups in total. The zero-order valence-electron chi connectivity index (χ0n) is 14.0. The molecule has 1 aliphatic rings. The first-order valence-electron chi connectivity index (χ1n) is 7.95. The lowest BCUT2D eigenvalue weighted by atomic mass is 10.0. The largest absolute Gasteiger partial charge is 0.465 e. The summed E-state index contributed by atoms with van der Waals surface area (Å²) >= 11 is 1.55. The van der Waals surface area contributed by atoms with Crippen LogP contribution in [0.3, 0.4) is 0 Å². The Bertz CT molecular complexity index is 830. The number of aromatic nitrogens is 1. The first-order chi connectivity index (χ1) is 12.0. The third-order valence-corrected chi connectivity index (χ3v) is 5.26. The zero-order chi connectivity index (χ0) is 18.0. The molecule has 1 fully saturated rings. The first-order valence-corrected chi connectivity index (χ1v) is 8.83. The van der Waals surface area contributed by atoms with Crippen molar-refractivity contribution >= 4 is 29.5 Å². The van der Waals surface area contributed by atoms with Crippen molar-refractivity contribution in [1.82, 2.24) is 9.88 Å². The smallest absolute Gasteiger partial charge is 0.337 e. The molecule has 1 amide bonds. The molecule has 2 aromatic rings. The lowest BCUT2D eigenvalue weighted by molar-refractivity contribution is 0.0600. The van der Waals surface area contributed by atoms with Crippen LogP contribution in [0.5, 0.6) is 0 Å². The minimum Gasteiger partial charge on any atom is -0.465 e. The number of ether oxygens (including phenoxy) is 1. The van der Waals surface area contributed by atoms with Gasteiger partial charge in [-0.05, 0) is 38.0 Å². The van der Waals surface area contributed by atoms with E-state index in [0.717, 1.165) is 23.5 Å². The summed E-state index contributed by atoms with van der Waals surface area (Å²) in [5.41, 5.74) is 1.71. The number of aldehydes is 1. The highest BCUT2D eigenvalue weighted by Crippen LogP contribution is 2.34. The number of methoxy groups -OCH3 is 1. The Morgan fingerprint density at radius 2 is 2.08 bits per heavy atom. The molecule has 1 saturated heterocycles. The summed E-state index contributed by atoms with van der Waals surface area (Å²) in [4.78, 5) is 42.2. The molecule has 6 nitrogen and oxygen atoms in total. The predicted octanol–water partition coefficient (Wildman–Crippen LogP) is 3.03. The van der Waals surface area contributed by atoms with Gasteiger partial charge in [-0.1, -0.05) is 0 Å². The molecule has 1 aromatic heterocycles. The van der Waals surface area contributed by atoms with Gasteiger partial charge < -0.3 is 9.64 Å². The number of carbonyl (C=O) groups excluding carboxylic acids is 3. The molecular formula is C18H18N2O4S. The van der Waals surface area contributed by atoms with E-state index in [1.807, 2.05) is 12.3 Å². The number of carbonyl (C=O) groups is 3. The van der Waals surface area contributed by atoms with E-state index in [0.29, 0.717) is 18.4 Å². The molecule has 130 valence electrons. The fourth-order valence-corrected chi connectivity index (χ4v) is 3.98. The van der Waals surface area contributed by atoms with Crippen LogP contribution in [0.1, 0.15) is 60.7 Å². The van der Waals surface area contributed by atoms with Crippen molar-refractivity contribution < 1.29 is 19.1 Å². The highest BCUT2D eigenvalue weighted by Gasteiger charge is 2.32. The molecule has 0 spiro atoms. The molecule has 1 aromatic carbocycles. The van der Waals surface area contributed by atoms with Crippen molar-refractivity contribution in [3.63, 3.8) is 0 Å². The Labute approximate surface area is 149 Å². The quantitative estimate of drug-likeness (QED) is 0.620. The number of rotatable bonds is 4. The van der Waals surface area contributed by atoms with Crippen LogP contribution in [0, 0.1) is 6.92 Å². The van der Waals surface area contributed by atoms with Gasteiger partial charge in [0.05, 0.1) is 18.7 Å². The lowest BCUT2D eigenvalue weighted by Crippen LogP contribution is -2.30. The van der Waals surface area contributed by atoms with Crippen molar-refractivity contribution in [2.75, 3.05) is 13.7 Å². The van der Waals surface area contributed by atoms with E-state index in [-0.39, 0.29) is 23.1 Å². The summed E-state index contributed by atoms with van der Waals surface area (Å²) in [5.74, 6) is -0.782. The fourth-order valence-electron chi connectivity index (χ4n) is 3.04. The van der Waals surface area contributed by atoms with Crippen LogP contribution in [0.2, 0.25) is 0 Å². The van der Waals surface area contributed by atoms with Gasteiger partial charge in [0, 0.05) is 28.7 Å². The Hall–Kier alpha value is -2.54. The van der Waals surface area contributed by atoms with Crippen LogP contribution in [0.4, 0.5) is 0 Å². The molecule has 25 heavy (non-hydrogen) atoms. The zero-order valence-corrected chi connectivity index (χ0v) is 14.8. The minimum atomic E-state index is -0.578. The average molecular weight is 358 g/mol. The highest BCUT2D eigenvalue weighted by molar-refractivity contribution is 7.09. The number of esters is 1. The Balaban J connectivity index is 1.94. The maximum absolute atomic E-state index is 13.0. The summed E-state index contributed by atoms with van der Waals surface area (Å²) in [6.07, 6.45) is 2.37. The van der Waals surface area contributed by atoms with Crippen LogP contribution in [0.25, 0.3) is 0 Å². The Morgan fingerprint density at radius 1 is 1.32 bits per heavy atom. The second-order valence-corrected chi connectivity index (χ2v) is 6.83. The average Bonchev–Trinajstić information content (AvgIpc) is 3.28. The number of hydrogen-bond donors (Lipinski definition) is 0. The van der Waals surface area contributed by atoms with E-state index < -0.39 is 5.97 Å². The molecule has 0 saturated carbocycles. The maximum Gasteiger partial charge on any atom is 0.337 e. The molecule has 1 aliphatic heterocycles. The first kappa shape index (κ1) is 17.3. The van der Waals surface area contributed by atoms with Crippen molar-refractivity contribution in [3.8, 4) is 0 Å². The van der Waals surface area contributed by atoms with Crippen molar-refractivity contribution in [3.05, 3.63) is 51.0 Å². The maximum atomic E-state index is 13.0. The number of benzene rings is 1. The summed E-state index contributed by atoms with van der Waals surface area (Å²) < 4.78 is 4.70. The van der Waals surface area contributed by atoms with E-state index in [4.69, 9.17) is 4.74 Å². The van der Waals surface area contributed by atoms with Gasteiger partial charge >= 0.3 is 5.97 Å². The van der Waals surface area contributed by atoms with Gasteiger partial charge in [0.1, 0.15) is 11.3 Å². The van der Waals surface area contributed by atoms with Gasteiger partial charge in [0.15, 0.2) is 0 Å².